The quantitative estimate of drug-likeness (QED) is 0.795. The summed E-state index contributed by atoms with van der Waals surface area (Å²) in [5.41, 5.74) is 0.792. The van der Waals surface area contributed by atoms with E-state index >= 15 is 0 Å². The molecule has 1 aliphatic rings. The van der Waals surface area contributed by atoms with Crippen molar-refractivity contribution in [2.45, 2.75) is 43.9 Å². The lowest BCUT2D eigenvalue weighted by Crippen LogP contribution is -2.39. The Kier molecular flexibility index (Phi) is 6.55. The summed E-state index contributed by atoms with van der Waals surface area (Å²) in [6.45, 7) is 0. The van der Waals surface area contributed by atoms with Gasteiger partial charge in [-0.1, -0.05) is 19.3 Å². The molecule has 0 saturated heterocycles. The van der Waals surface area contributed by atoms with Gasteiger partial charge in [0.2, 0.25) is 5.91 Å². The van der Waals surface area contributed by atoms with Gasteiger partial charge in [0, 0.05) is 24.4 Å². The molecule has 1 saturated carbocycles. The molecule has 0 aromatic heterocycles. The number of thioether (sulfide) groups is 1. The maximum Gasteiger partial charge on any atom is 0.232 e. The van der Waals surface area contributed by atoms with Crippen LogP contribution in [0.5, 0.6) is 5.75 Å². The molecule has 0 atom stereocenters. The maximum absolute atomic E-state index is 13.3. The minimum absolute atomic E-state index is 0.160. The second-order valence-electron chi connectivity index (χ2n) is 5.75. The summed E-state index contributed by atoms with van der Waals surface area (Å²) < 4.78 is 18.5. The molecule has 1 aromatic carbocycles. The number of benzene rings is 1. The van der Waals surface area contributed by atoms with E-state index in [-0.39, 0.29) is 11.7 Å². The zero-order chi connectivity index (χ0) is 15.9. The highest BCUT2D eigenvalue weighted by Gasteiger charge is 2.21. The minimum atomic E-state index is -0.276. The normalized spacial score (nSPS) is 15.6. The van der Waals surface area contributed by atoms with Gasteiger partial charge >= 0.3 is 0 Å². The van der Waals surface area contributed by atoms with Crippen molar-refractivity contribution in [1.29, 1.82) is 0 Å². The molecular weight excluding hydrogens is 301 g/mol. The van der Waals surface area contributed by atoms with Crippen molar-refractivity contribution in [1.82, 2.24) is 4.90 Å². The summed E-state index contributed by atoms with van der Waals surface area (Å²) in [5.74, 6) is 1.55. The largest absolute Gasteiger partial charge is 0.496 e. The Morgan fingerprint density at radius 3 is 2.77 bits per heavy atom. The predicted octanol–water partition coefficient (Wildman–Crippen LogP) is 3.86. The van der Waals surface area contributed by atoms with Gasteiger partial charge in [0.05, 0.1) is 12.9 Å². The predicted molar refractivity (Wildman–Crippen MR) is 88.8 cm³/mol. The van der Waals surface area contributed by atoms with Crippen LogP contribution in [0.25, 0.3) is 0 Å². The van der Waals surface area contributed by atoms with E-state index in [1.54, 1.807) is 13.2 Å². The first-order valence-corrected chi connectivity index (χ1v) is 8.93. The number of rotatable bonds is 6. The van der Waals surface area contributed by atoms with Crippen LogP contribution >= 0.6 is 11.8 Å². The van der Waals surface area contributed by atoms with Crippen molar-refractivity contribution in [3.63, 3.8) is 0 Å². The molecule has 1 aliphatic carbocycles. The lowest BCUT2D eigenvalue weighted by atomic mass is 9.94. The number of nitrogens with zero attached hydrogens (tertiary/aromatic N) is 1. The summed E-state index contributed by atoms with van der Waals surface area (Å²) >= 11 is 1.51. The molecular formula is C17H24FNO2S. The number of ether oxygens (including phenoxy) is 1. The van der Waals surface area contributed by atoms with Crippen molar-refractivity contribution in [3.05, 3.63) is 29.6 Å². The van der Waals surface area contributed by atoms with Gasteiger partial charge in [-0.2, -0.15) is 0 Å². The van der Waals surface area contributed by atoms with Gasteiger partial charge in [-0.25, -0.2) is 4.39 Å². The van der Waals surface area contributed by atoms with E-state index in [2.05, 4.69) is 0 Å². The Morgan fingerprint density at radius 2 is 2.09 bits per heavy atom. The second kappa shape index (κ2) is 8.42. The zero-order valence-corrected chi connectivity index (χ0v) is 14.1. The van der Waals surface area contributed by atoms with Crippen LogP contribution in [-0.2, 0) is 10.5 Å². The molecule has 122 valence electrons. The molecule has 0 aliphatic heterocycles. The van der Waals surface area contributed by atoms with Crippen LogP contribution in [0.4, 0.5) is 4.39 Å². The third kappa shape index (κ3) is 4.63. The van der Waals surface area contributed by atoms with Gasteiger partial charge in [0.25, 0.3) is 0 Å². The van der Waals surface area contributed by atoms with E-state index in [1.165, 1.54) is 43.2 Å². The van der Waals surface area contributed by atoms with Crippen LogP contribution in [-0.4, -0.2) is 36.8 Å². The van der Waals surface area contributed by atoms with Gasteiger partial charge in [-0.05, 0) is 31.0 Å². The van der Waals surface area contributed by atoms with Crippen molar-refractivity contribution in [3.8, 4) is 5.75 Å². The molecule has 0 radical (unpaired) electrons. The number of methoxy groups -OCH3 is 1. The Hall–Kier alpha value is -1.23. The smallest absolute Gasteiger partial charge is 0.232 e. The monoisotopic (exact) mass is 325 g/mol. The number of hydrogen-bond donors (Lipinski definition) is 0. The molecule has 0 heterocycles. The molecule has 0 N–H and O–H groups in total. The molecule has 2 rings (SSSR count). The lowest BCUT2D eigenvalue weighted by molar-refractivity contribution is -0.129. The van der Waals surface area contributed by atoms with E-state index < -0.39 is 0 Å². The number of carbonyl (C=O) groups excluding carboxylic acids is 1. The highest BCUT2D eigenvalue weighted by atomic mass is 32.2. The van der Waals surface area contributed by atoms with Crippen LogP contribution in [0.1, 0.15) is 37.7 Å². The molecule has 0 spiro atoms. The van der Waals surface area contributed by atoms with Crippen molar-refractivity contribution < 1.29 is 13.9 Å². The summed E-state index contributed by atoms with van der Waals surface area (Å²) in [6.07, 6.45) is 5.95. The van der Waals surface area contributed by atoms with Gasteiger partial charge < -0.3 is 9.64 Å². The highest BCUT2D eigenvalue weighted by Crippen LogP contribution is 2.25. The summed E-state index contributed by atoms with van der Waals surface area (Å²) in [4.78, 5) is 14.2. The summed E-state index contributed by atoms with van der Waals surface area (Å²) in [5, 5.41) is 0. The topological polar surface area (TPSA) is 29.5 Å². The first kappa shape index (κ1) is 17.1. The highest BCUT2D eigenvalue weighted by molar-refractivity contribution is 7.99. The average Bonchev–Trinajstić information content (AvgIpc) is 2.55. The molecule has 3 nitrogen and oxygen atoms in total. The van der Waals surface area contributed by atoms with Gasteiger partial charge in [0.15, 0.2) is 0 Å². The minimum Gasteiger partial charge on any atom is -0.496 e. The van der Waals surface area contributed by atoms with E-state index in [9.17, 15) is 9.18 Å². The Morgan fingerprint density at radius 1 is 1.36 bits per heavy atom. The fourth-order valence-electron chi connectivity index (χ4n) is 2.88. The fraction of sp³-hybridized carbons (Fsp3) is 0.588. The van der Waals surface area contributed by atoms with Gasteiger partial charge in [0.1, 0.15) is 11.6 Å². The molecule has 5 heteroatoms. The van der Waals surface area contributed by atoms with Gasteiger partial charge in [-0.15, -0.1) is 11.8 Å². The third-order valence-electron chi connectivity index (χ3n) is 4.24. The molecule has 0 unspecified atom stereocenters. The molecule has 1 aromatic rings. The fourth-order valence-corrected chi connectivity index (χ4v) is 3.81. The van der Waals surface area contributed by atoms with Crippen LogP contribution in [0.3, 0.4) is 0 Å². The van der Waals surface area contributed by atoms with E-state index in [1.807, 2.05) is 11.9 Å². The third-order valence-corrected chi connectivity index (χ3v) is 5.21. The first-order chi connectivity index (χ1) is 10.6. The Labute approximate surface area is 136 Å². The van der Waals surface area contributed by atoms with E-state index in [4.69, 9.17) is 4.74 Å². The number of hydrogen-bond acceptors (Lipinski definition) is 3. The van der Waals surface area contributed by atoms with Gasteiger partial charge in [-0.3, -0.25) is 4.79 Å². The zero-order valence-electron chi connectivity index (χ0n) is 13.3. The van der Waals surface area contributed by atoms with Crippen molar-refractivity contribution in [2.75, 3.05) is 19.9 Å². The molecule has 22 heavy (non-hydrogen) atoms. The second-order valence-corrected chi connectivity index (χ2v) is 6.73. The first-order valence-electron chi connectivity index (χ1n) is 7.77. The van der Waals surface area contributed by atoms with Crippen LogP contribution < -0.4 is 4.74 Å². The van der Waals surface area contributed by atoms with Crippen LogP contribution in [0, 0.1) is 5.82 Å². The maximum atomic E-state index is 13.3. The number of halogens is 1. The average molecular weight is 325 g/mol. The molecule has 0 bridgehead atoms. The summed E-state index contributed by atoms with van der Waals surface area (Å²) in [7, 11) is 3.48. The van der Waals surface area contributed by atoms with E-state index in [0.29, 0.717) is 23.3 Å². The Balaban J connectivity index is 1.82. The number of carbonyl (C=O) groups is 1. The SMILES string of the molecule is COc1ccc(F)cc1CSCC(=O)N(C)C1CCCCC1. The van der Waals surface area contributed by atoms with Crippen LogP contribution in [0.15, 0.2) is 18.2 Å². The molecule has 1 amide bonds. The van der Waals surface area contributed by atoms with Crippen LogP contribution in [0.2, 0.25) is 0 Å². The standard InChI is InChI=1S/C17H24FNO2S/c1-19(15-6-4-3-5-7-15)17(20)12-22-11-13-10-14(18)8-9-16(13)21-2/h8-10,15H,3-7,11-12H2,1-2H3. The summed E-state index contributed by atoms with van der Waals surface area (Å²) in [6, 6.07) is 4.88. The lowest BCUT2D eigenvalue weighted by Gasteiger charge is -2.31. The Bertz CT molecular complexity index is 503. The van der Waals surface area contributed by atoms with Crippen molar-refractivity contribution >= 4 is 17.7 Å². The van der Waals surface area contributed by atoms with Crippen molar-refractivity contribution in [2.24, 2.45) is 0 Å². The van der Waals surface area contributed by atoms with E-state index in [0.717, 1.165) is 18.4 Å². The number of amides is 1. The molecule has 1 fully saturated rings.